The Labute approximate surface area is 61.0 Å². The molecule has 0 aliphatic carbocycles. The summed E-state index contributed by atoms with van der Waals surface area (Å²) in [5, 5.41) is 8.21. The minimum atomic E-state index is -0.782. The van der Waals surface area contributed by atoms with Crippen molar-refractivity contribution < 1.29 is 9.90 Å². The zero-order valence-electron chi connectivity index (χ0n) is 6.37. The van der Waals surface area contributed by atoms with E-state index in [-0.39, 0.29) is 6.42 Å². The molecule has 0 aliphatic rings. The maximum absolute atomic E-state index is 9.98. The minimum Gasteiger partial charge on any atom is -0.481 e. The number of carboxylic acid groups (broad SMARTS) is 1. The summed E-state index contributed by atoms with van der Waals surface area (Å²) in [7, 11) is 3.87. The molecular formula is C7H13NO2. The van der Waals surface area contributed by atoms with Crippen LogP contribution in [0.2, 0.25) is 0 Å². The Morgan fingerprint density at radius 3 is 2.50 bits per heavy atom. The highest BCUT2D eigenvalue weighted by atomic mass is 16.4. The van der Waals surface area contributed by atoms with Crippen LogP contribution in [0, 0.1) is 0 Å². The molecule has 0 aliphatic heterocycles. The van der Waals surface area contributed by atoms with E-state index in [2.05, 4.69) is 0 Å². The van der Waals surface area contributed by atoms with Crippen molar-refractivity contribution in [2.24, 2.45) is 0 Å². The lowest BCUT2D eigenvalue weighted by atomic mass is 10.4. The second-order valence-corrected chi connectivity index (χ2v) is 2.33. The van der Waals surface area contributed by atoms with Gasteiger partial charge in [0, 0.05) is 6.54 Å². The molecule has 1 N–H and O–H groups in total. The maximum Gasteiger partial charge on any atom is 0.307 e. The van der Waals surface area contributed by atoms with Crippen LogP contribution in [-0.4, -0.2) is 36.6 Å². The fourth-order valence-corrected chi connectivity index (χ4v) is 0.470. The molecule has 58 valence electrons. The van der Waals surface area contributed by atoms with E-state index in [1.807, 2.05) is 25.1 Å². The molecular weight excluding hydrogens is 130 g/mol. The molecule has 0 rings (SSSR count). The highest BCUT2D eigenvalue weighted by molar-refractivity contribution is 5.68. The molecule has 10 heavy (non-hydrogen) atoms. The molecule has 3 heteroatoms. The number of aliphatic carboxylic acids is 1. The highest BCUT2D eigenvalue weighted by Gasteiger charge is 1.88. The normalized spacial score (nSPS) is 11.1. The highest BCUT2D eigenvalue weighted by Crippen LogP contribution is 1.83. The van der Waals surface area contributed by atoms with E-state index in [4.69, 9.17) is 5.11 Å². The lowest BCUT2D eigenvalue weighted by molar-refractivity contribution is -0.136. The second-order valence-electron chi connectivity index (χ2n) is 2.33. The van der Waals surface area contributed by atoms with E-state index < -0.39 is 5.97 Å². The smallest absolute Gasteiger partial charge is 0.307 e. The van der Waals surface area contributed by atoms with Crippen molar-refractivity contribution in [2.45, 2.75) is 6.42 Å². The Bertz CT molecular complexity index is 130. The molecule has 0 heterocycles. The molecule has 0 radical (unpaired) electrons. The van der Waals surface area contributed by atoms with Crippen LogP contribution in [0.25, 0.3) is 0 Å². The fraction of sp³-hybridized carbons (Fsp3) is 0.571. The first-order chi connectivity index (χ1) is 4.63. The van der Waals surface area contributed by atoms with E-state index in [1.54, 1.807) is 6.08 Å². The van der Waals surface area contributed by atoms with Gasteiger partial charge in [0.05, 0.1) is 6.42 Å². The quantitative estimate of drug-likeness (QED) is 0.585. The second kappa shape index (κ2) is 4.99. The van der Waals surface area contributed by atoms with Gasteiger partial charge in [-0.15, -0.1) is 0 Å². The molecule has 0 fully saturated rings. The third-order valence-electron chi connectivity index (χ3n) is 0.930. The van der Waals surface area contributed by atoms with Gasteiger partial charge in [-0.1, -0.05) is 12.2 Å². The molecule has 0 aromatic heterocycles. The van der Waals surface area contributed by atoms with Crippen molar-refractivity contribution in [3.05, 3.63) is 12.2 Å². The van der Waals surface area contributed by atoms with Crippen molar-refractivity contribution in [1.29, 1.82) is 0 Å². The number of hydrogen-bond donors (Lipinski definition) is 1. The summed E-state index contributed by atoms with van der Waals surface area (Å²) in [4.78, 5) is 11.9. The third kappa shape index (κ3) is 7.17. The van der Waals surface area contributed by atoms with Crippen molar-refractivity contribution in [2.75, 3.05) is 20.6 Å². The van der Waals surface area contributed by atoms with Crippen LogP contribution in [0.4, 0.5) is 0 Å². The van der Waals surface area contributed by atoms with Crippen LogP contribution in [0.5, 0.6) is 0 Å². The standard InChI is InChI=1S/C7H13NO2/c1-8(2)6-4-3-5-7(9)10/h3-4H,5-6H2,1-2H3,(H,9,10). The number of hydrogen-bond acceptors (Lipinski definition) is 2. The van der Waals surface area contributed by atoms with Gasteiger partial charge >= 0.3 is 5.97 Å². The minimum absolute atomic E-state index is 0.119. The van der Waals surface area contributed by atoms with Gasteiger partial charge in [0.25, 0.3) is 0 Å². The van der Waals surface area contributed by atoms with Crippen LogP contribution in [-0.2, 0) is 4.79 Å². The first-order valence-corrected chi connectivity index (χ1v) is 3.14. The summed E-state index contributed by atoms with van der Waals surface area (Å²) in [6.07, 6.45) is 3.62. The summed E-state index contributed by atoms with van der Waals surface area (Å²) in [5.74, 6) is -0.782. The Balaban J connectivity index is 3.29. The third-order valence-corrected chi connectivity index (χ3v) is 0.930. The van der Waals surface area contributed by atoms with Gasteiger partial charge in [0.1, 0.15) is 0 Å². The van der Waals surface area contributed by atoms with Gasteiger partial charge in [0.15, 0.2) is 0 Å². The monoisotopic (exact) mass is 143 g/mol. The zero-order chi connectivity index (χ0) is 7.98. The molecule has 0 spiro atoms. The molecule has 0 unspecified atom stereocenters. The SMILES string of the molecule is CN(C)CC=CCC(=O)O. The molecule has 0 saturated heterocycles. The van der Waals surface area contributed by atoms with Crippen molar-refractivity contribution in [3.63, 3.8) is 0 Å². The number of carbonyl (C=O) groups is 1. The molecule has 0 aromatic carbocycles. The number of rotatable bonds is 4. The van der Waals surface area contributed by atoms with Crippen LogP contribution >= 0.6 is 0 Å². The number of nitrogens with zero attached hydrogens (tertiary/aromatic N) is 1. The lowest BCUT2D eigenvalue weighted by Gasteiger charge is -2.02. The van der Waals surface area contributed by atoms with Crippen molar-refractivity contribution in [3.8, 4) is 0 Å². The van der Waals surface area contributed by atoms with E-state index >= 15 is 0 Å². The van der Waals surface area contributed by atoms with Gasteiger partial charge in [-0.05, 0) is 14.1 Å². The summed E-state index contributed by atoms with van der Waals surface area (Å²) in [6.45, 7) is 0.799. The first kappa shape index (κ1) is 9.17. The summed E-state index contributed by atoms with van der Waals surface area (Å²) >= 11 is 0. The largest absolute Gasteiger partial charge is 0.481 e. The van der Waals surface area contributed by atoms with Gasteiger partial charge in [-0.2, -0.15) is 0 Å². The zero-order valence-corrected chi connectivity index (χ0v) is 6.37. The van der Waals surface area contributed by atoms with Gasteiger partial charge in [0.2, 0.25) is 0 Å². The molecule has 0 atom stereocenters. The molecule has 0 saturated carbocycles. The van der Waals surface area contributed by atoms with E-state index in [1.165, 1.54) is 0 Å². The van der Waals surface area contributed by atoms with Crippen LogP contribution in [0.1, 0.15) is 6.42 Å². The predicted molar refractivity (Wildman–Crippen MR) is 39.9 cm³/mol. The van der Waals surface area contributed by atoms with E-state index in [9.17, 15) is 4.79 Å². The summed E-state index contributed by atoms with van der Waals surface area (Å²) in [6, 6.07) is 0. The predicted octanol–water partition coefficient (Wildman–Crippen LogP) is 0.579. The van der Waals surface area contributed by atoms with E-state index in [0.29, 0.717) is 0 Å². The summed E-state index contributed by atoms with van der Waals surface area (Å²) < 4.78 is 0. The van der Waals surface area contributed by atoms with Gasteiger partial charge in [-0.25, -0.2) is 0 Å². The van der Waals surface area contributed by atoms with Crippen molar-refractivity contribution in [1.82, 2.24) is 4.90 Å². The van der Waals surface area contributed by atoms with Crippen molar-refractivity contribution >= 4 is 5.97 Å². The Hall–Kier alpha value is -0.830. The average molecular weight is 143 g/mol. The lowest BCUT2D eigenvalue weighted by Crippen LogP contribution is -2.10. The van der Waals surface area contributed by atoms with E-state index in [0.717, 1.165) is 6.54 Å². The topological polar surface area (TPSA) is 40.5 Å². The Morgan fingerprint density at radius 2 is 2.10 bits per heavy atom. The Morgan fingerprint density at radius 1 is 1.50 bits per heavy atom. The summed E-state index contributed by atoms with van der Waals surface area (Å²) in [5.41, 5.74) is 0. The maximum atomic E-state index is 9.98. The first-order valence-electron chi connectivity index (χ1n) is 3.14. The average Bonchev–Trinajstić information content (AvgIpc) is 1.79. The van der Waals surface area contributed by atoms with Crippen LogP contribution < -0.4 is 0 Å². The van der Waals surface area contributed by atoms with Crippen LogP contribution in [0.3, 0.4) is 0 Å². The molecule has 0 bridgehead atoms. The van der Waals surface area contributed by atoms with Gasteiger partial charge in [-0.3, -0.25) is 4.79 Å². The van der Waals surface area contributed by atoms with Gasteiger partial charge < -0.3 is 10.0 Å². The number of likely N-dealkylation sites (N-methyl/N-ethyl adjacent to an activating group) is 1. The number of carboxylic acids is 1. The van der Waals surface area contributed by atoms with Crippen LogP contribution in [0.15, 0.2) is 12.2 Å². The molecule has 0 amide bonds. The molecule has 0 aromatic rings. The Kier molecular flexibility index (Phi) is 4.58. The fourth-order valence-electron chi connectivity index (χ4n) is 0.470. The molecule has 3 nitrogen and oxygen atoms in total.